The van der Waals surface area contributed by atoms with E-state index in [1.54, 1.807) is 71.9 Å². The number of aromatic amines is 1. The number of piperidine rings is 1. The summed E-state index contributed by atoms with van der Waals surface area (Å²) in [4.78, 5) is 34.4. The summed E-state index contributed by atoms with van der Waals surface area (Å²) in [5.74, 6) is 0.381. The standard InChI is InChI=1S/C31H30FN3O6S/c1-20-2-7-28(32)22(14-20)16-24(36)15-21-3-5-25(6-4-21)41-26-8-11-33-30(18-26)29-17-23(19-34-29)31(37)35-12-9-27(10-13-35)42(38,39)40/h2-8,11,14,17-19,27,34H,9-10,12-13,15-16H2,1H3,(H,38,39,40). The first-order chi connectivity index (χ1) is 20.0. The first kappa shape index (κ1) is 29.2. The second-order valence-corrected chi connectivity index (χ2v) is 12.1. The number of amides is 1. The van der Waals surface area contributed by atoms with Gasteiger partial charge in [0.2, 0.25) is 0 Å². The highest BCUT2D eigenvalue weighted by atomic mass is 32.2. The molecule has 1 amide bonds. The van der Waals surface area contributed by atoms with Crippen LogP contribution in [0, 0.1) is 12.7 Å². The molecule has 1 aliphatic rings. The fourth-order valence-electron chi connectivity index (χ4n) is 4.98. The summed E-state index contributed by atoms with van der Waals surface area (Å²) in [5.41, 5.74) is 3.67. The second-order valence-electron chi connectivity index (χ2n) is 10.4. The van der Waals surface area contributed by atoms with Gasteiger partial charge in [-0.05, 0) is 61.2 Å². The highest BCUT2D eigenvalue weighted by Gasteiger charge is 2.31. The number of ether oxygens (including phenoxy) is 1. The van der Waals surface area contributed by atoms with Crippen molar-refractivity contribution < 1.29 is 31.7 Å². The van der Waals surface area contributed by atoms with Gasteiger partial charge in [-0.1, -0.05) is 29.8 Å². The van der Waals surface area contributed by atoms with E-state index in [1.807, 2.05) is 6.92 Å². The average Bonchev–Trinajstić information content (AvgIpc) is 3.46. The van der Waals surface area contributed by atoms with Crippen LogP contribution in [-0.4, -0.2) is 57.9 Å². The van der Waals surface area contributed by atoms with Crippen LogP contribution in [0.1, 0.15) is 39.9 Å². The topological polar surface area (TPSA) is 130 Å². The van der Waals surface area contributed by atoms with Crippen LogP contribution in [-0.2, 0) is 27.8 Å². The zero-order valence-electron chi connectivity index (χ0n) is 22.9. The monoisotopic (exact) mass is 591 g/mol. The van der Waals surface area contributed by atoms with Crippen molar-refractivity contribution in [3.63, 3.8) is 0 Å². The van der Waals surface area contributed by atoms with E-state index in [-0.39, 0.29) is 56.3 Å². The van der Waals surface area contributed by atoms with Gasteiger partial charge in [0.15, 0.2) is 0 Å². The van der Waals surface area contributed by atoms with Crippen molar-refractivity contribution in [2.45, 2.75) is 37.9 Å². The number of pyridine rings is 1. The van der Waals surface area contributed by atoms with Gasteiger partial charge >= 0.3 is 0 Å². The molecule has 42 heavy (non-hydrogen) atoms. The predicted molar refractivity (Wildman–Crippen MR) is 155 cm³/mol. The summed E-state index contributed by atoms with van der Waals surface area (Å²) in [6.45, 7) is 2.34. The zero-order chi connectivity index (χ0) is 29.9. The quantitative estimate of drug-likeness (QED) is 0.257. The Bertz CT molecular complexity index is 1710. The van der Waals surface area contributed by atoms with Crippen LogP contribution in [0.2, 0.25) is 0 Å². The maximum atomic E-state index is 14.0. The Labute approximate surface area is 243 Å². The zero-order valence-corrected chi connectivity index (χ0v) is 23.7. The molecular formula is C31H30FN3O6S. The molecule has 2 aromatic carbocycles. The summed E-state index contributed by atoms with van der Waals surface area (Å²) in [6, 6.07) is 17.0. The van der Waals surface area contributed by atoms with E-state index < -0.39 is 15.4 Å². The average molecular weight is 592 g/mol. The van der Waals surface area contributed by atoms with E-state index in [1.165, 1.54) is 6.07 Å². The van der Waals surface area contributed by atoms with Crippen LogP contribution >= 0.6 is 0 Å². The Morgan fingerprint density at radius 1 is 1.02 bits per heavy atom. The normalized spacial score (nSPS) is 14.1. The molecule has 0 unspecified atom stereocenters. The Balaban J connectivity index is 1.18. The number of aromatic nitrogens is 2. The summed E-state index contributed by atoms with van der Waals surface area (Å²) >= 11 is 0. The highest BCUT2D eigenvalue weighted by Crippen LogP contribution is 2.27. The van der Waals surface area contributed by atoms with Crippen LogP contribution in [0.3, 0.4) is 0 Å². The molecule has 0 radical (unpaired) electrons. The molecule has 9 nitrogen and oxygen atoms in total. The Hall–Kier alpha value is -4.35. The first-order valence-corrected chi connectivity index (χ1v) is 15.0. The minimum atomic E-state index is -4.11. The lowest BCUT2D eigenvalue weighted by molar-refractivity contribution is -0.117. The number of hydrogen-bond donors (Lipinski definition) is 2. The molecule has 0 spiro atoms. The number of nitrogens with zero attached hydrogens (tertiary/aromatic N) is 2. The number of halogens is 1. The van der Waals surface area contributed by atoms with Gasteiger partial charge in [0.05, 0.1) is 22.2 Å². The van der Waals surface area contributed by atoms with Gasteiger partial charge in [-0.25, -0.2) is 4.39 Å². The van der Waals surface area contributed by atoms with E-state index in [0.29, 0.717) is 34.0 Å². The van der Waals surface area contributed by atoms with Crippen LogP contribution in [0.15, 0.2) is 73.1 Å². The van der Waals surface area contributed by atoms with Gasteiger partial charge in [-0.15, -0.1) is 0 Å². The van der Waals surface area contributed by atoms with Crippen molar-refractivity contribution in [3.05, 3.63) is 101 Å². The lowest BCUT2D eigenvalue weighted by Crippen LogP contribution is -2.42. The number of carbonyl (C=O) groups is 2. The maximum absolute atomic E-state index is 14.0. The SMILES string of the molecule is Cc1ccc(F)c(CC(=O)Cc2ccc(Oc3ccnc(-c4cc(C(=O)N5CCC(S(=O)(=O)O)CC5)c[nH]4)c3)cc2)c1. The van der Waals surface area contributed by atoms with Crippen LogP contribution < -0.4 is 4.74 Å². The molecule has 0 saturated carbocycles. The van der Waals surface area contributed by atoms with Gasteiger partial charge in [0.25, 0.3) is 16.0 Å². The smallest absolute Gasteiger partial charge is 0.267 e. The Kier molecular flexibility index (Phi) is 8.51. The molecule has 1 saturated heterocycles. The fraction of sp³-hybridized carbons (Fsp3) is 0.258. The molecule has 1 fully saturated rings. The van der Waals surface area contributed by atoms with Crippen LogP contribution in [0.25, 0.3) is 11.4 Å². The van der Waals surface area contributed by atoms with Gasteiger partial charge in [0, 0.05) is 44.4 Å². The maximum Gasteiger partial charge on any atom is 0.267 e. The van der Waals surface area contributed by atoms with Gasteiger partial charge in [-0.2, -0.15) is 8.42 Å². The molecule has 1 aliphatic heterocycles. The molecule has 11 heteroatoms. The van der Waals surface area contributed by atoms with Crippen molar-refractivity contribution in [1.29, 1.82) is 0 Å². The van der Waals surface area contributed by atoms with E-state index in [2.05, 4.69) is 9.97 Å². The minimum absolute atomic E-state index is 0.0319. The summed E-state index contributed by atoms with van der Waals surface area (Å²) in [7, 11) is -4.11. The van der Waals surface area contributed by atoms with Gasteiger partial charge in [-0.3, -0.25) is 19.1 Å². The number of carbonyl (C=O) groups excluding carboxylic acids is 2. The summed E-state index contributed by atoms with van der Waals surface area (Å²) < 4.78 is 52.0. The number of H-pyrrole nitrogens is 1. The highest BCUT2D eigenvalue weighted by molar-refractivity contribution is 7.86. The van der Waals surface area contributed by atoms with E-state index in [4.69, 9.17) is 4.74 Å². The molecule has 2 aromatic heterocycles. The number of Topliss-reactive ketones (excluding diaryl/α,β-unsaturated/α-hetero) is 1. The van der Waals surface area contributed by atoms with E-state index in [0.717, 1.165) is 11.1 Å². The van der Waals surface area contributed by atoms with E-state index >= 15 is 0 Å². The van der Waals surface area contributed by atoms with Crippen LogP contribution in [0.5, 0.6) is 11.5 Å². The molecule has 218 valence electrons. The number of hydrogen-bond acceptors (Lipinski definition) is 6. The summed E-state index contributed by atoms with van der Waals surface area (Å²) in [6.07, 6.45) is 3.75. The largest absolute Gasteiger partial charge is 0.457 e. The number of benzene rings is 2. The summed E-state index contributed by atoms with van der Waals surface area (Å²) in [5, 5.41) is -0.844. The number of ketones is 1. The first-order valence-electron chi connectivity index (χ1n) is 13.5. The van der Waals surface area contributed by atoms with Crippen molar-refractivity contribution >= 4 is 21.8 Å². The number of aryl methyl sites for hydroxylation is 1. The third-order valence-electron chi connectivity index (χ3n) is 7.24. The van der Waals surface area contributed by atoms with Crippen molar-refractivity contribution in [1.82, 2.24) is 14.9 Å². The van der Waals surface area contributed by atoms with Crippen molar-refractivity contribution in [2.24, 2.45) is 0 Å². The van der Waals surface area contributed by atoms with Gasteiger partial charge < -0.3 is 14.6 Å². The Morgan fingerprint density at radius 3 is 2.48 bits per heavy atom. The molecule has 5 rings (SSSR count). The molecule has 0 bridgehead atoms. The van der Waals surface area contributed by atoms with Crippen molar-refractivity contribution in [2.75, 3.05) is 13.1 Å². The van der Waals surface area contributed by atoms with Gasteiger partial charge in [0.1, 0.15) is 23.1 Å². The Morgan fingerprint density at radius 2 is 1.76 bits per heavy atom. The molecule has 3 heterocycles. The lowest BCUT2D eigenvalue weighted by Gasteiger charge is -2.30. The molecule has 4 aromatic rings. The van der Waals surface area contributed by atoms with Crippen molar-refractivity contribution in [3.8, 4) is 22.9 Å². The second kappa shape index (κ2) is 12.3. The number of nitrogens with one attached hydrogen (secondary N) is 1. The molecular weight excluding hydrogens is 561 g/mol. The van der Waals surface area contributed by atoms with Crippen LogP contribution in [0.4, 0.5) is 4.39 Å². The third-order valence-corrected chi connectivity index (χ3v) is 8.55. The third kappa shape index (κ3) is 7.10. The number of likely N-dealkylation sites (tertiary alicyclic amines) is 1. The van der Waals surface area contributed by atoms with E-state index in [9.17, 15) is 27.0 Å². The molecule has 2 N–H and O–H groups in total. The lowest BCUT2D eigenvalue weighted by atomic mass is 10.0. The minimum Gasteiger partial charge on any atom is -0.457 e. The number of rotatable bonds is 9. The molecule has 0 atom stereocenters. The fourth-order valence-corrected chi connectivity index (χ4v) is 5.79. The molecule has 0 aliphatic carbocycles. The predicted octanol–water partition coefficient (Wildman–Crippen LogP) is 5.16.